The standard InChI is InChI=1S/C66H111N21O25S4/c1-6-30(2)50-64(109)79-35(13-7-10-18-67)55(100)72-24-46(92)77-37(15-9-12-20-69)58(103)83-42(28-114-113-26-34(70)54(99)86-52(33(5)89)65(110)81-40(22-49(96)97)60(105)85-50)62(107)87-51(32(4)88)63(108)74-23-45(91)75-31(3)53(98)82-41-27-115-116-29-43(66(111)112)84-59(104)38(16-17-44(71)90)78-57(102)36(14-8-11-19-68)76-47(93)25-73-56(101)39(21-48(94)95)80-61(41)106/h30-43,50-52,88-89H,6-29,67-70H2,1-5H3,(H2,71,90)(H,72,100)(H,73,101)(H,74,108)(H,75,91)(H,76,93)(H,77,92)(H,78,102)(H,79,109)(H,80,106)(H,81,110)(H,82,98)(H,83,103)(H,84,104)(H,85,105)(H,86,99)(H,87,107)(H,94,95)(H,96,97)(H,111,112)/t30-,31-,32+,33+,34+,35-,36-,37-,38-,39-,40-,41-,42+,43-,50-,51-,52-/m0/s1. The smallest absolute Gasteiger partial charge is 0.327 e. The number of hydrogen-bond acceptors (Lipinski definition) is 30. The van der Waals surface area contributed by atoms with Gasteiger partial charge < -0.3 is 139 Å². The molecule has 654 valence electrons. The first-order valence-corrected chi connectivity index (χ1v) is 42.1. The molecule has 0 spiro atoms. The summed E-state index contributed by atoms with van der Waals surface area (Å²) in [6, 6.07) is -23.6. The van der Waals surface area contributed by atoms with Crippen molar-refractivity contribution in [2.24, 2.45) is 34.6 Å². The lowest BCUT2D eigenvalue weighted by Crippen LogP contribution is -2.62. The quantitative estimate of drug-likeness (QED) is 0.0220. The molecule has 0 saturated carbocycles. The molecule has 2 rings (SSSR count). The van der Waals surface area contributed by atoms with Crippen LogP contribution in [0.5, 0.6) is 0 Å². The van der Waals surface area contributed by atoms with Crippen LogP contribution in [-0.2, 0) is 95.9 Å². The number of rotatable bonds is 32. The number of aliphatic hydroxyl groups excluding tert-OH is 2. The van der Waals surface area contributed by atoms with Gasteiger partial charge in [0.1, 0.15) is 78.5 Å². The molecular formula is C66H111N21O25S4. The molecular weight excluding hydrogens is 1620 g/mol. The summed E-state index contributed by atoms with van der Waals surface area (Å²) >= 11 is 0. The van der Waals surface area contributed by atoms with E-state index in [1.165, 1.54) is 0 Å². The van der Waals surface area contributed by atoms with Gasteiger partial charge in [0.25, 0.3) is 0 Å². The molecule has 2 aliphatic rings. The van der Waals surface area contributed by atoms with E-state index < -0.39 is 284 Å². The number of nitrogens with two attached hydrogens (primary N) is 5. The minimum absolute atomic E-state index is 0.0695. The molecule has 17 amide bonds. The second-order valence-corrected chi connectivity index (χ2v) is 32.2. The topological polar surface area (TPSA) is 765 Å². The van der Waals surface area contributed by atoms with Gasteiger partial charge in [0, 0.05) is 29.4 Å². The summed E-state index contributed by atoms with van der Waals surface area (Å²) < 4.78 is 0. The van der Waals surface area contributed by atoms with Crippen molar-refractivity contribution in [3.8, 4) is 0 Å². The number of hydrogen-bond donors (Lipinski definition) is 26. The van der Waals surface area contributed by atoms with E-state index in [9.17, 15) is 121 Å². The van der Waals surface area contributed by atoms with Crippen molar-refractivity contribution in [3.63, 3.8) is 0 Å². The van der Waals surface area contributed by atoms with E-state index in [1.54, 1.807) is 13.8 Å². The molecule has 2 fully saturated rings. The normalized spacial score (nSPS) is 25.0. The third-order valence-electron chi connectivity index (χ3n) is 17.4. The number of nitrogens with one attached hydrogen (secondary N) is 16. The van der Waals surface area contributed by atoms with Crippen LogP contribution in [0.25, 0.3) is 0 Å². The second kappa shape index (κ2) is 54.5. The minimum atomic E-state index is -1.97. The summed E-state index contributed by atoms with van der Waals surface area (Å²) in [6.07, 6.45) is -4.99. The Labute approximate surface area is 682 Å². The summed E-state index contributed by atoms with van der Waals surface area (Å²) in [6.45, 7) is 4.14. The molecule has 0 aromatic heterocycles. The van der Waals surface area contributed by atoms with E-state index in [1.807, 2.05) is 0 Å². The Morgan fingerprint density at radius 3 is 1.39 bits per heavy atom. The lowest BCUT2D eigenvalue weighted by molar-refractivity contribution is -0.142. The molecule has 50 heteroatoms. The largest absolute Gasteiger partial charge is 0.481 e. The van der Waals surface area contributed by atoms with Gasteiger partial charge in [-0.05, 0) is 111 Å². The number of carbonyl (C=O) groups excluding carboxylic acids is 17. The summed E-state index contributed by atoms with van der Waals surface area (Å²) in [5.41, 5.74) is 28.6. The SMILES string of the molecule is CC[C@H](C)[C@@H]1NC(=O)[C@H](CC(=O)O)NC(=O)[C@H]([C@@H](C)O)NC(=O)[C@H](N)CSSC[C@H](C(=O)N[C@H](C(=O)NCC(=O)N[C@@H](C)C(=O)N[C@H]2CSSC[C@@H](C(=O)O)NC(=O)[C@H](CCC(N)=O)NC(=O)[C@H](CCCCN)NC(=O)CNC(=O)[C@H](CC(=O)O)NC2=O)[C@@H](C)O)NC(=O)[C@H](CCCCN)NC(=O)CNC(=O)[C@H](CCCCN)NC1=O. The Morgan fingerprint density at radius 1 is 0.474 bits per heavy atom. The summed E-state index contributed by atoms with van der Waals surface area (Å²) in [7, 11) is 3.03. The van der Waals surface area contributed by atoms with Gasteiger partial charge in [-0.3, -0.25) is 91.1 Å². The lowest BCUT2D eigenvalue weighted by atomic mass is 9.96. The summed E-state index contributed by atoms with van der Waals surface area (Å²) in [5.74, 6) is -26.0. The van der Waals surface area contributed by atoms with Crippen LogP contribution in [0.3, 0.4) is 0 Å². The van der Waals surface area contributed by atoms with E-state index in [0.717, 1.165) is 42.4 Å². The van der Waals surface area contributed by atoms with Crippen LogP contribution >= 0.6 is 43.2 Å². The van der Waals surface area contributed by atoms with Crippen LogP contribution in [0.2, 0.25) is 0 Å². The highest BCUT2D eigenvalue weighted by atomic mass is 33.1. The van der Waals surface area contributed by atoms with Crippen LogP contribution in [0.4, 0.5) is 0 Å². The van der Waals surface area contributed by atoms with Crippen LogP contribution in [-0.4, -0.2) is 303 Å². The molecule has 0 aromatic carbocycles. The van der Waals surface area contributed by atoms with Crippen LogP contribution in [0, 0.1) is 5.92 Å². The minimum Gasteiger partial charge on any atom is -0.481 e. The Bertz CT molecular complexity index is 3430. The van der Waals surface area contributed by atoms with Crippen molar-refractivity contribution in [2.75, 3.05) is 62.3 Å². The molecule has 116 heavy (non-hydrogen) atoms. The maximum atomic E-state index is 14.4. The van der Waals surface area contributed by atoms with Crippen LogP contribution in [0.15, 0.2) is 0 Å². The first kappa shape index (κ1) is 103. The highest BCUT2D eigenvalue weighted by molar-refractivity contribution is 8.77. The van der Waals surface area contributed by atoms with Crippen molar-refractivity contribution < 1.29 is 121 Å². The van der Waals surface area contributed by atoms with Crippen molar-refractivity contribution in [1.29, 1.82) is 0 Å². The number of aliphatic carboxylic acids is 3. The van der Waals surface area contributed by atoms with Crippen molar-refractivity contribution in [1.82, 2.24) is 85.1 Å². The maximum Gasteiger partial charge on any atom is 0.327 e. The number of unbranched alkanes of at least 4 members (excludes halogenated alkanes) is 3. The van der Waals surface area contributed by atoms with E-state index >= 15 is 0 Å². The fourth-order valence-corrected chi connectivity index (χ4v) is 15.2. The molecule has 0 radical (unpaired) electrons. The molecule has 2 saturated heterocycles. The third-order valence-corrected chi connectivity index (χ3v) is 22.3. The van der Waals surface area contributed by atoms with E-state index in [4.69, 9.17) is 28.7 Å². The molecule has 0 aliphatic carbocycles. The Morgan fingerprint density at radius 2 is 0.897 bits per heavy atom. The molecule has 46 nitrogen and oxygen atoms in total. The molecule has 17 atom stereocenters. The fraction of sp³-hybridized carbons (Fsp3) is 0.697. The molecule has 0 bridgehead atoms. The van der Waals surface area contributed by atoms with Gasteiger partial charge in [-0.2, -0.15) is 0 Å². The number of amides is 17. The fourth-order valence-electron chi connectivity index (χ4n) is 10.6. The molecule has 2 heterocycles. The number of aliphatic hydroxyl groups is 2. The average Bonchev–Trinajstić information content (AvgIpc) is 0.859. The second-order valence-electron chi connectivity index (χ2n) is 27.1. The predicted molar refractivity (Wildman–Crippen MR) is 420 cm³/mol. The molecule has 2 aliphatic heterocycles. The number of carboxylic acid groups (broad SMARTS) is 3. The zero-order chi connectivity index (χ0) is 87.5. The van der Waals surface area contributed by atoms with Gasteiger partial charge in [-0.15, -0.1) is 0 Å². The number of carboxylic acids is 3. The summed E-state index contributed by atoms with van der Waals surface area (Å²) in [5, 5.41) is 88.6. The lowest BCUT2D eigenvalue weighted by Gasteiger charge is -2.29. The Hall–Kier alpha value is -9.44. The highest BCUT2D eigenvalue weighted by Crippen LogP contribution is 2.25. The van der Waals surface area contributed by atoms with Crippen molar-refractivity contribution >= 4 is 162 Å². The van der Waals surface area contributed by atoms with E-state index in [-0.39, 0.29) is 70.3 Å². The van der Waals surface area contributed by atoms with Gasteiger partial charge in [0.15, 0.2) is 0 Å². The molecule has 0 aromatic rings. The Kier molecular flexibility index (Phi) is 48.2. The van der Waals surface area contributed by atoms with Crippen molar-refractivity contribution in [3.05, 3.63) is 0 Å². The molecule has 0 unspecified atom stereocenters. The maximum absolute atomic E-state index is 14.4. The van der Waals surface area contributed by atoms with Gasteiger partial charge in [-0.25, -0.2) is 4.79 Å². The monoisotopic (exact) mass is 1730 g/mol. The molecule has 31 N–H and O–H groups in total. The van der Waals surface area contributed by atoms with Gasteiger partial charge in [-0.1, -0.05) is 63.4 Å². The van der Waals surface area contributed by atoms with Crippen LogP contribution < -0.4 is 114 Å². The predicted octanol–water partition coefficient (Wildman–Crippen LogP) is -10.7. The third kappa shape index (κ3) is 39.0. The van der Waals surface area contributed by atoms with E-state index in [0.29, 0.717) is 40.9 Å². The zero-order valence-corrected chi connectivity index (χ0v) is 68.0. The first-order chi connectivity index (χ1) is 54.7. The Balaban J connectivity index is 2.56. The van der Waals surface area contributed by atoms with E-state index in [2.05, 4.69) is 85.1 Å². The average molecular weight is 1730 g/mol. The van der Waals surface area contributed by atoms with Gasteiger partial charge >= 0.3 is 17.9 Å². The first-order valence-electron chi connectivity index (χ1n) is 37.1. The zero-order valence-electron chi connectivity index (χ0n) is 64.7. The van der Waals surface area contributed by atoms with Crippen LogP contribution in [0.1, 0.15) is 125 Å². The van der Waals surface area contributed by atoms with Gasteiger partial charge in [0.05, 0.1) is 50.7 Å². The number of carbonyl (C=O) groups is 20. The highest BCUT2D eigenvalue weighted by Gasteiger charge is 2.40. The summed E-state index contributed by atoms with van der Waals surface area (Å²) in [4.78, 5) is 270. The van der Waals surface area contributed by atoms with Crippen molar-refractivity contribution in [2.45, 2.75) is 221 Å². The van der Waals surface area contributed by atoms with Gasteiger partial charge in [0.2, 0.25) is 100 Å². The number of primary amides is 1.